The Kier molecular flexibility index (Phi) is 4.57. The molecule has 0 radical (unpaired) electrons. The lowest BCUT2D eigenvalue weighted by molar-refractivity contribution is 0.155. The minimum Gasteiger partial charge on any atom is -0.392 e. The maximum Gasteiger partial charge on any atom is 0.0664 e. The first-order chi connectivity index (χ1) is 8.29. The summed E-state index contributed by atoms with van der Waals surface area (Å²) in [6, 6.07) is 9.24. The maximum absolute atomic E-state index is 9.71. The van der Waals surface area contributed by atoms with E-state index in [0.29, 0.717) is 6.04 Å². The third-order valence-electron chi connectivity index (χ3n) is 3.61. The minimum absolute atomic E-state index is 0.183. The molecular weight excluding hydrogens is 210 g/mol. The zero-order valence-electron chi connectivity index (χ0n) is 10.7. The van der Waals surface area contributed by atoms with Crippen molar-refractivity contribution in [1.29, 1.82) is 0 Å². The number of hydrogen-bond donors (Lipinski definition) is 2. The van der Waals surface area contributed by atoms with E-state index in [1.165, 1.54) is 17.5 Å². The first-order valence-electron chi connectivity index (χ1n) is 6.77. The van der Waals surface area contributed by atoms with Crippen molar-refractivity contribution < 1.29 is 5.11 Å². The molecule has 1 aliphatic rings. The Morgan fingerprint density at radius 3 is 2.88 bits per heavy atom. The summed E-state index contributed by atoms with van der Waals surface area (Å²) in [6.07, 6.45) is 5.23. The fourth-order valence-corrected chi connectivity index (χ4v) is 2.61. The molecule has 0 saturated carbocycles. The normalized spacial score (nSPS) is 20.9. The van der Waals surface area contributed by atoms with Gasteiger partial charge in [-0.2, -0.15) is 0 Å². The molecule has 94 valence electrons. The summed E-state index contributed by atoms with van der Waals surface area (Å²) in [5.41, 5.74) is 2.97. The van der Waals surface area contributed by atoms with E-state index in [1.54, 1.807) is 0 Å². The van der Waals surface area contributed by atoms with Crippen molar-refractivity contribution in [3.63, 3.8) is 0 Å². The second-order valence-corrected chi connectivity index (χ2v) is 5.06. The van der Waals surface area contributed by atoms with Crippen molar-refractivity contribution in [2.24, 2.45) is 0 Å². The summed E-state index contributed by atoms with van der Waals surface area (Å²) in [5, 5.41) is 13.2. The van der Waals surface area contributed by atoms with Crippen LogP contribution in [-0.2, 0) is 12.8 Å². The van der Waals surface area contributed by atoms with Crippen LogP contribution in [0.2, 0.25) is 0 Å². The Bertz CT molecular complexity index is 351. The molecule has 0 bridgehead atoms. The first kappa shape index (κ1) is 12.6. The van der Waals surface area contributed by atoms with E-state index < -0.39 is 0 Å². The summed E-state index contributed by atoms with van der Waals surface area (Å²) in [4.78, 5) is 0. The molecule has 2 heteroatoms. The maximum atomic E-state index is 9.71. The third kappa shape index (κ3) is 3.55. The Balaban J connectivity index is 1.82. The smallest absolute Gasteiger partial charge is 0.0664 e. The van der Waals surface area contributed by atoms with Crippen molar-refractivity contribution in [1.82, 2.24) is 5.32 Å². The van der Waals surface area contributed by atoms with Crippen molar-refractivity contribution in [3.8, 4) is 0 Å². The van der Waals surface area contributed by atoms with Gasteiger partial charge in [0.1, 0.15) is 0 Å². The number of aliphatic hydroxyl groups excluding tert-OH is 1. The highest BCUT2D eigenvalue weighted by atomic mass is 16.3. The number of benzene rings is 1. The van der Waals surface area contributed by atoms with Gasteiger partial charge in [0.2, 0.25) is 0 Å². The van der Waals surface area contributed by atoms with Crippen molar-refractivity contribution in [3.05, 3.63) is 35.4 Å². The van der Waals surface area contributed by atoms with Crippen LogP contribution in [0.15, 0.2) is 24.3 Å². The topological polar surface area (TPSA) is 32.3 Å². The lowest BCUT2D eigenvalue weighted by Crippen LogP contribution is -2.39. The molecule has 0 aromatic heterocycles. The van der Waals surface area contributed by atoms with Crippen LogP contribution >= 0.6 is 0 Å². The molecule has 0 saturated heterocycles. The van der Waals surface area contributed by atoms with E-state index in [2.05, 4.69) is 36.5 Å². The van der Waals surface area contributed by atoms with Crippen LogP contribution in [0.1, 0.15) is 37.3 Å². The molecule has 0 heterocycles. The van der Waals surface area contributed by atoms with Crippen LogP contribution in [0.25, 0.3) is 0 Å². The van der Waals surface area contributed by atoms with Gasteiger partial charge in [-0.3, -0.25) is 0 Å². The van der Waals surface area contributed by atoms with E-state index in [4.69, 9.17) is 0 Å². The van der Waals surface area contributed by atoms with Crippen molar-refractivity contribution in [2.75, 3.05) is 6.54 Å². The Morgan fingerprint density at radius 1 is 1.35 bits per heavy atom. The van der Waals surface area contributed by atoms with Crippen LogP contribution in [0.5, 0.6) is 0 Å². The van der Waals surface area contributed by atoms with Gasteiger partial charge in [0.15, 0.2) is 0 Å². The predicted octanol–water partition coefficient (Wildman–Crippen LogP) is 2.29. The molecule has 0 fully saturated rings. The fourth-order valence-electron chi connectivity index (χ4n) is 2.61. The van der Waals surface area contributed by atoms with Gasteiger partial charge in [-0.25, -0.2) is 0 Å². The SMILES string of the molecule is CCCC(O)CNC1CCc2ccccc2C1. The molecule has 0 aliphatic heterocycles. The van der Waals surface area contributed by atoms with E-state index in [0.717, 1.165) is 32.2 Å². The molecule has 1 aromatic carbocycles. The van der Waals surface area contributed by atoms with Crippen molar-refractivity contribution in [2.45, 2.75) is 51.2 Å². The molecule has 2 nitrogen and oxygen atoms in total. The summed E-state index contributed by atoms with van der Waals surface area (Å²) in [7, 11) is 0. The summed E-state index contributed by atoms with van der Waals surface area (Å²) >= 11 is 0. The number of nitrogens with one attached hydrogen (secondary N) is 1. The zero-order valence-corrected chi connectivity index (χ0v) is 10.7. The number of fused-ring (bicyclic) bond motifs is 1. The molecule has 0 amide bonds. The summed E-state index contributed by atoms with van der Waals surface area (Å²) in [6.45, 7) is 2.85. The van der Waals surface area contributed by atoms with E-state index in [9.17, 15) is 5.11 Å². The quantitative estimate of drug-likeness (QED) is 0.818. The average Bonchev–Trinajstić information content (AvgIpc) is 2.36. The highest BCUT2D eigenvalue weighted by Gasteiger charge is 2.18. The Morgan fingerprint density at radius 2 is 2.12 bits per heavy atom. The van der Waals surface area contributed by atoms with Gasteiger partial charge < -0.3 is 10.4 Å². The highest BCUT2D eigenvalue weighted by Crippen LogP contribution is 2.20. The molecule has 2 unspecified atom stereocenters. The number of aryl methyl sites for hydroxylation is 1. The molecule has 1 aromatic rings. The fraction of sp³-hybridized carbons (Fsp3) is 0.600. The van der Waals surface area contributed by atoms with Gasteiger partial charge in [0, 0.05) is 12.6 Å². The molecular formula is C15H23NO. The standard InChI is InChI=1S/C15H23NO/c1-2-5-15(17)11-16-14-9-8-12-6-3-4-7-13(12)10-14/h3-4,6-7,14-17H,2,5,8-11H2,1H3. The molecule has 17 heavy (non-hydrogen) atoms. The predicted molar refractivity (Wildman–Crippen MR) is 71.2 cm³/mol. The second kappa shape index (κ2) is 6.18. The average molecular weight is 233 g/mol. The molecule has 2 rings (SSSR count). The molecule has 1 aliphatic carbocycles. The van der Waals surface area contributed by atoms with Crippen LogP contribution in [0.4, 0.5) is 0 Å². The lowest BCUT2D eigenvalue weighted by Gasteiger charge is -2.26. The van der Waals surface area contributed by atoms with E-state index in [1.807, 2.05) is 0 Å². The minimum atomic E-state index is -0.183. The lowest BCUT2D eigenvalue weighted by atomic mass is 9.88. The monoisotopic (exact) mass is 233 g/mol. The molecule has 2 N–H and O–H groups in total. The highest BCUT2D eigenvalue weighted by molar-refractivity contribution is 5.30. The summed E-state index contributed by atoms with van der Waals surface area (Å²) in [5.74, 6) is 0. The van der Waals surface area contributed by atoms with Gasteiger partial charge in [0.05, 0.1) is 6.10 Å². The van der Waals surface area contributed by atoms with Crippen LogP contribution < -0.4 is 5.32 Å². The van der Waals surface area contributed by atoms with Crippen LogP contribution in [0.3, 0.4) is 0 Å². The third-order valence-corrected chi connectivity index (χ3v) is 3.61. The van der Waals surface area contributed by atoms with Crippen LogP contribution in [0, 0.1) is 0 Å². The van der Waals surface area contributed by atoms with E-state index in [-0.39, 0.29) is 6.10 Å². The van der Waals surface area contributed by atoms with Gasteiger partial charge in [0.25, 0.3) is 0 Å². The van der Waals surface area contributed by atoms with E-state index >= 15 is 0 Å². The Labute approximate surface area is 104 Å². The first-order valence-corrected chi connectivity index (χ1v) is 6.77. The molecule has 0 spiro atoms. The Hall–Kier alpha value is -0.860. The van der Waals surface area contributed by atoms with Gasteiger partial charge in [-0.1, -0.05) is 37.6 Å². The zero-order chi connectivity index (χ0) is 12.1. The number of hydrogen-bond acceptors (Lipinski definition) is 2. The van der Waals surface area contributed by atoms with Crippen LogP contribution in [-0.4, -0.2) is 23.8 Å². The van der Waals surface area contributed by atoms with Gasteiger partial charge >= 0.3 is 0 Å². The van der Waals surface area contributed by atoms with Crippen molar-refractivity contribution >= 4 is 0 Å². The van der Waals surface area contributed by atoms with Gasteiger partial charge in [-0.05, 0) is 36.8 Å². The number of rotatable bonds is 5. The molecule has 2 atom stereocenters. The largest absolute Gasteiger partial charge is 0.392 e. The summed E-state index contributed by atoms with van der Waals surface area (Å²) < 4.78 is 0. The van der Waals surface area contributed by atoms with Gasteiger partial charge in [-0.15, -0.1) is 0 Å². The second-order valence-electron chi connectivity index (χ2n) is 5.06. The number of aliphatic hydroxyl groups is 1.